The summed E-state index contributed by atoms with van der Waals surface area (Å²) in [5.41, 5.74) is 0.830. The van der Waals surface area contributed by atoms with Crippen LogP contribution in [0.2, 0.25) is 10.0 Å². The second kappa shape index (κ2) is 8.21. The van der Waals surface area contributed by atoms with Crippen LogP contribution in [0.25, 0.3) is 0 Å². The maximum absolute atomic E-state index is 11.8. The largest absolute Gasteiger partial charge is 0.411 e. The summed E-state index contributed by atoms with van der Waals surface area (Å²) >= 11 is 28.8. The molecule has 1 aliphatic carbocycles. The highest BCUT2D eigenvalue weighted by atomic mass is 35.5. The molecule has 1 saturated carbocycles. The van der Waals surface area contributed by atoms with Gasteiger partial charge in [-0.1, -0.05) is 46.4 Å². The van der Waals surface area contributed by atoms with Gasteiger partial charge in [0.2, 0.25) is 0 Å². The molecule has 0 aliphatic heterocycles. The summed E-state index contributed by atoms with van der Waals surface area (Å²) in [5, 5.41) is 7.05. The predicted octanol–water partition coefficient (Wildman–Crippen LogP) is 5.42. The maximum Gasteiger partial charge on any atom is 0.410 e. The number of rotatable bonds is 5. The lowest BCUT2D eigenvalue weighted by Crippen LogP contribution is -2.45. The van der Waals surface area contributed by atoms with Crippen LogP contribution in [0, 0.1) is 0 Å². The van der Waals surface area contributed by atoms with Crippen molar-refractivity contribution >= 4 is 69.8 Å². The van der Waals surface area contributed by atoms with E-state index in [0.29, 0.717) is 10.0 Å². The SMILES string of the molecule is O=C(NC1CCCC1Nc1ccc(Cl)c(Cl)c1)OC(Cl)(Cl)CCl. The molecule has 0 saturated heterocycles. The van der Waals surface area contributed by atoms with Crippen LogP contribution in [0.1, 0.15) is 19.3 Å². The van der Waals surface area contributed by atoms with E-state index >= 15 is 0 Å². The molecule has 1 aliphatic rings. The van der Waals surface area contributed by atoms with E-state index in [9.17, 15) is 4.79 Å². The van der Waals surface area contributed by atoms with Gasteiger partial charge in [0.15, 0.2) is 0 Å². The van der Waals surface area contributed by atoms with Crippen molar-refractivity contribution in [3.63, 3.8) is 0 Å². The number of carbonyl (C=O) groups excluding carboxylic acids is 1. The van der Waals surface area contributed by atoms with Gasteiger partial charge in [-0.3, -0.25) is 0 Å². The third-order valence-electron chi connectivity index (χ3n) is 3.49. The van der Waals surface area contributed by atoms with Gasteiger partial charge in [0, 0.05) is 11.7 Å². The molecule has 4 nitrogen and oxygen atoms in total. The predicted molar refractivity (Wildman–Crippen MR) is 96.3 cm³/mol. The number of halogens is 5. The van der Waals surface area contributed by atoms with E-state index in [2.05, 4.69) is 10.6 Å². The van der Waals surface area contributed by atoms with Crippen LogP contribution in [0.15, 0.2) is 18.2 Å². The van der Waals surface area contributed by atoms with E-state index in [1.165, 1.54) is 0 Å². The Hall–Kier alpha value is -0.260. The van der Waals surface area contributed by atoms with Crippen molar-refractivity contribution in [3.8, 4) is 0 Å². The first kappa shape index (κ1) is 19.1. The fraction of sp³-hybridized carbons (Fsp3) is 0.500. The summed E-state index contributed by atoms with van der Waals surface area (Å²) in [5.74, 6) is -0.223. The quantitative estimate of drug-likeness (QED) is 0.625. The molecule has 128 valence electrons. The van der Waals surface area contributed by atoms with Crippen molar-refractivity contribution in [2.24, 2.45) is 0 Å². The normalized spacial score (nSPS) is 21.1. The average molecular weight is 421 g/mol. The minimum Gasteiger partial charge on any atom is -0.411 e. The van der Waals surface area contributed by atoms with Gasteiger partial charge in [0.1, 0.15) is 0 Å². The Morgan fingerprint density at radius 3 is 2.57 bits per heavy atom. The Kier molecular flexibility index (Phi) is 6.81. The Balaban J connectivity index is 1.94. The topological polar surface area (TPSA) is 50.4 Å². The molecular formula is C14H15Cl5N2O2. The lowest BCUT2D eigenvalue weighted by Gasteiger charge is -2.25. The van der Waals surface area contributed by atoms with Gasteiger partial charge in [-0.15, -0.1) is 11.6 Å². The number of hydrogen-bond donors (Lipinski definition) is 2. The standard InChI is InChI=1S/C14H15Cl5N2O2/c15-7-14(18,19)23-13(22)21-12-3-1-2-11(12)20-8-4-5-9(16)10(17)6-8/h4-6,11-12,20H,1-3,7H2,(H,21,22). The highest BCUT2D eigenvalue weighted by Crippen LogP contribution is 2.29. The summed E-state index contributed by atoms with van der Waals surface area (Å²) in [6, 6.07) is 5.21. The van der Waals surface area contributed by atoms with E-state index in [1.54, 1.807) is 12.1 Å². The van der Waals surface area contributed by atoms with Crippen molar-refractivity contribution in [2.45, 2.75) is 35.9 Å². The third kappa shape index (κ3) is 5.64. The summed E-state index contributed by atoms with van der Waals surface area (Å²) in [4.78, 5) is 11.8. The van der Waals surface area contributed by atoms with E-state index in [-0.39, 0.29) is 18.0 Å². The fourth-order valence-electron chi connectivity index (χ4n) is 2.45. The number of hydrogen-bond acceptors (Lipinski definition) is 3. The molecule has 2 rings (SSSR count). The number of alkyl carbamates (subject to hydrolysis) is 1. The van der Waals surface area contributed by atoms with Crippen LogP contribution < -0.4 is 10.6 Å². The van der Waals surface area contributed by atoms with Crippen molar-refractivity contribution in [3.05, 3.63) is 28.2 Å². The van der Waals surface area contributed by atoms with Crippen molar-refractivity contribution in [1.29, 1.82) is 0 Å². The van der Waals surface area contributed by atoms with Crippen LogP contribution in [-0.4, -0.2) is 28.6 Å². The smallest absolute Gasteiger partial charge is 0.410 e. The van der Waals surface area contributed by atoms with Gasteiger partial charge in [-0.25, -0.2) is 4.79 Å². The van der Waals surface area contributed by atoms with Crippen LogP contribution in [0.4, 0.5) is 10.5 Å². The zero-order valence-corrected chi connectivity index (χ0v) is 15.7. The van der Waals surface area contributed by atoms with Crippen molar-refractivity contribution < 1.29 is 9.53 Å². The van der Waals surface area contributed by atoms with Gasteiger partial charge in [-0.2, -0.15) is 0 Å². The van der Waals surface area contributed by atoms with Crippen molar-refractivity contribution in [2.75, 3.05) is 11.2 Å². The Morgan fingerprint density at radius 1 is 1.22 bits per heavy atom. The fourth-order valence-corrected chi connectivity index (χ4v) is 2.94. The summed E-state index contributed by atoms with van der Waals surface area (Å²) < 4.78 is 3.13. The molecule has 1 fully saturated rings. The Morgan fingerprint density at radius 2 is 1.91 bits per heavy atom. The molecule has 1 aromatic rings. The first-order valence-electron chi connectivity index (χ1n) is 6.95. The van der Waals surface area contributed by atoms with E-state index < -0.39 is 10.6 Å². The van der Waals surface area contributed by atoms with Crippen LogP contribution in [0.5, 0.6) is 0 Å². The Labute approximate surface area is 159 Å². The number of ether oxygens (including phenoxy) is 1. The molecule has 0 spiro atoms. The minimum atomic E-state index is -1.74. The van der Waals surface area contributed by atoms with Crippen LogP contribution in [0.3, 0.4) is 0 Å². The zero-order valence-electron chi connectivity index (χ0n) is 11.9. The lowest BCUT2D eigenvalue weighted by molar-refractivity contribution is 0.120. The minimum absolute atomic E-state index is 0.0378. The number of alkyl halides is 3. The number of anilines is 1. The lowest BCUT2D eigenvalue weighted by atomic mass is 10.1. The molecule has 2 N–H and O–H groups in total. The highest BCUT2D eigenvalue weighted by molar-refractivity contribution is 6.50. The van der Waals surface area contributed by atoms with Crippen LogP contribution >= 0.6 is 58.0 Å². The van der Waals surface area contributed by atoms with Gasteiger partial charge in [0.25, 0.3) is 4.52 Å². The summed E-state index contributed by atoms with van der Waals surface area (Å²) in [7, 11) is 0. The van der Waals surface area contributed by atoms with E-state index in [0.717, 1.165) is 24.9 Å². The number of carbonyl (C=O) groups is 1. The highest BCUT2D eigenvalue weighted by Gasteiger charge is 2.32. The molecule has 0 aromatic heterocycles. The Bertz CT molecular complexity index is 570. The number of nitrogens with one attached hydrogen (secondary N) is 2. The second-order valence-electron chi connectivity index (χ2n) is 5.22. The van der Waals surface area contributed by atoms with Gasteiger partial charge in [-0.05, 0) is 37.5 Å². The summed E-state index contributed by atoms with van der Waals surface area (Å²) in [6.07, 6.45) is 1.97. The zero-order chi connectivity index (χ0) is 17.0. The first-order valence-corrected chi connectivity index (χ1v) is 9.00. The number of benzene rings is 1. The molecule has 1 amide bonds. The second-order valence-corrected chi connectivity index (χ2v) is 7.72. The molecule has 0 heterocycles. The number of amides is 1. The van der Waals surface area contributed by atoms with Gasteiger partial charge in [0.05, 0.1) is 22.0 Å². The van der Waals surface area contributed by atoms with Gasteiger partial charge < -0.3 is 15.4 Å². The molecule has 23 heavy (non-hydrogen) atoms. The molecule has 0 radical (unpaired) electrons. The third-order valence-corrected chi connectivity index (χ3v) is 5.30. The molecule has 2 atom stereocenters. The molecule has 0 bridgehead atoms. The van der Waals surface area contributed by atoms with E-state index in [1.807, 2.05) is 6.07 Å². The molecule has 2 unspecified atom stereocenters. The molecule has 1 aromatic carbocycles. The van der Waals surface area contributed by atoms with E-state index in [4.69, 9.17) is 62.7 Å². The summed E-state index contributed by atoms with van der Waals surface area (Å²) in [6.45, 7) is 0. The molecule has 9 heteroatoms. The first-order chi connectivity index (χ1) is 10.8. The maximum atomic E-state index is 11.8. The molecular weight excluding hydrogens is 405 g/mol. The van der Waals surface area contributed by atoms with Gasteiger partial charge >= 0.3 is 6.09 Å². The van der Waals surface area contributed by atoms with Crippen LogP contribution in [-0.2, 0) is 4.74 Å². The average Bonchev–Trinajstić information content (AvgIpc) is 2.89. The monoisotopic (exact) mass is 418 g/mol. The van der Waals surface area contributed by atoms with Crippen molar-refractivity contribution in [1.82, 2.24) is 5.32 Å².